The van der Waals surface area contributed by atoms with Crippen LogP contribution in [0.1, 0.15) is 16.5 Å². The van der Waals surface area contributed by atoms with E-state index in [0.717, 1.165) is 11.1 Å². The molecular weight excluding hydrogens is 281 g/mol. The minimum absolute atomic E-state index is 0.288. The third-order valence-electron chi connectivity index (χ3n) is 2.79. The molecule has 0 aliphatic carbocycles. The van der Waals surface area contributed by atoms with Crippen LogP contribution in [0.3, 0.4) is 0 Å². The largest absolute Gasteiger partial charge is 0.323 e. The third kappa shape index (κ3) is 3.28. The van der Waals surface area contributed by atoms with Gasteiger partial charge in [0.05, 0.1) is 10.7 Å². The fourth-order valence-corrected chi connectivity index (χ4v) is 2.22. The molecule has 0 radical (unpaired) electrons. The Morgan fingerprint density at radius 3 is 2.42 bits per heavy atom. The van der Waals surface area contributed by atoms with Crippen molar-refractivity contribution in [2.45, 2.75) is 12.3 Å². The average Bonchev–Trinajstić information content (AvgIpc) is 2.43. The molecule has 0 saturated carbocycles. The van der Waals surface area contributed by atoms with E-state index in [0.29, 0.717) is 10.7 Å². The molecule has 0 saturated heterocycles. The maximum absolute atomic E-state index is 12.1. The summed E-state index contributed by atoms with van der Waals surface area (Å²) in [6.45, 7) is 1.88. The molecule has 1 N–H and O–H groups in total. The van der Waals surface area contributed by atoms with E-state index in [4.69, 9.17) is 23.2 Å². The lowest BCUT2D eigenvalue weighted by molar-refractivity contribution is -0.116. The van der Waals surface area contributed by atoms with Gasteiger partial charge in [-0.25, -0.2) is 0 Å². The second-order valence-corrected chi connectivity index (χ2v) is 5.04. The summed E-state index contributed by atoms with van der Waals surface area (Å²) in [5.74, 6) is -0.288. The predicted molar refractivity (Wildman–Crippen MR) is 79.9 cm³/mol. The van der Waals surface area contributed by atoms with Crippen LogP contribution in [0.2, 0.25) is 5.02 Å². The highest BCUT2D eigenvalue weighted by molar-refractivity contribution is 6.36. The van der Waals surface area contributed by atoms with Crippen LogP contribution < -0.4 is 5.32 Å². The Hall–Kier alpha value is -1.51. The summed E-state index contributed by atoms with van der Waals surface area (Å²) in [4.78, 5) is 12.1. The third-order valence-corrected chi connectivity index (χ3v) is 3.56. The van der Waals surface area contributed by atoms with Gasteiger partial charge >= 0.3 is 0 Å². The van der Waals surface area contributed by atoms with E-state index in [2.05, 4.69) is 5.32 Å². The van der Waals surface area contributed by atoms with Crippen LogP contribution in [0.5, 0.6) is 0 Å². The lowest BCUT2D eigenvalue weighted by Crippen LogP contribution is -2.18. The van der Waals surface area contributed by atoms with Crippen LogP contribution in [0.4, 0.5) is 5.69 Å². The molecule has 2 nitrogen and oxygen atoms in total. The van der Waals surface area contributed by atoms with E-state index in [1.54, 1.807) is 6.07 Å². The van der Waals surface area contributed by atoms with E-state index in [1.807, 2.05) is 49.4 Å². The van der Waals surface area contributed by atoms with Crippen molar-refractivity contribution < 1.29 is 4.79 Å². The molecule has 0 aromatic heterocycles. The zero-order valence-electron chi connectivity index (χ0n) is 10.4. The van der Waals surface area contributed by atoms with Gasteiger partial charge < -0.3 is 5.32 Å². The van der Waals surface area contributed by atoms with Crippen molar-refractivity contribution in [1.82, 2.24) is 0 Å². The Balaban J connectivity index is 2.18. The first-order valence-corrected chi connectivity index (χ1v) is 6.66. The molecule has 0 spiro atoms. The highest BCUT2D eigenvalue weighted by Crippen LogP contribution is 2.28. The van der Waals surface area contributed by atoms with E-state index >= 15 is 0 Å². The summed E-state index contributed by atoms with van der Waals surface area (Å²) in [5.41, 5.74) is 2.26. The number of halogens is 2. The smallest absolute Gasteiger partial charge is 0.247 e. The molecule has 98 valence electrons. The molecular formula is C15H13Cl2NO. The highest BCUT2D eigenvalue weighted by Gasteiger charge is 2.18. The van der Waals surface area contributed by atoms with Crippen molar-refractivity contribution in [3.63, 3.8) is 0 Å². The molecule has 2 rings (SSSR count). The van der Waals surface area contributed by atoms with Crippen LogP contribution in [-0.4, -0.2) is 5.91 Å². The van der Waals surface area contributed by atoms with Gasteiger partial charge in [-0.2, -0.15) is 0 Å². The Morgan fingerprint density at radius 1 is 1.11 bits per heavy atom. The average molecular weight is 294 g/mol. The van der Waals surface area contributed by atoms with Crippen molar-refractivity contribution in [2.24, 2.45) is 0 Å². The van der Waals surface area contributed by atoms with Gasteiger partial charge in [0.15, 0.2) is 0 Å². The number of para-hydroxylation sites is 1. The fourth-order valence-electron chi connectivity index (χ4n) is 1.75. The van der Waals surface area contributed by atoms with Crippen LogP contribution in [-0.2, 0) is 4.79 Å². The highest BCUT2D eigenvalue weighted by atomic mass is 35.5. The Kier molecular flexibility index (Phi) is 4.46. The molecule has 0 heterocycles. The first-order chi connectivity index (χ1) is 9.09. The van der Waals surface area contributed by atoms with Crippen molar-refractivity contribution in [1.29, 1.82) is 0 Å². The van der Waals surface area contributed by atoms with Crippen LogP contribution in [0.25, 0.3) is 0 Å². The van der Waals surface area contributed by atoms with Gasteiger partial charge in [-0.1, -0.05) is 54.1 Å². The number of hydrogen-bond donors (Lipinski definition) is 1. The zero-order valence-corrected chi connectivity index (χ0v) is 11.9. The Bertz CT molecular complexity index is 564. The minimum atomic E-state index is -0.739. The van der Waals surface area contributed by atoms with E-state index in [1.165, 1.54) is 0 Å². The summed E-state index contributed by atoms with van der Waals surface area (Å²) in [6, 6.07) is 14.7. The maximum Gasteiger partial charge on any atom is 0.247 e. The van der Waals surface area contributed by atoms with Crippen LogP contribution in [0.15, 0.2) is 48.5 Å². The van der Waals surface area contributed by atoms with Gasteiger partial charge in [0.25, 0.3) is 0 Å². The second-order valence-electron chi connectivity index (χ2n) is 4.19. The number of anilines is 1. The van der Waals surface area contributed by atoms with Crippen molar-refractivity contribution in [2.75, 3.05) is 5.32 Å². The summed E-state index contributed by atoms with van der Waals surface area (Å²) < 4.78 is 0. The molecule has 0 fully saturated rings. The number of hydrogen-bond acceptors (Lipinski definition) is 1. The quantitative estimate of drug-likeness (QED) is 0.826. The van der Waals surface area contributed by atoms with Gasteiger partial charge in [-0.15, -0.1) is 11.6 Å². The molecule has 4 heteroatoms. The normalized spacial score (nSPS) is 11.9. The number of carbonyl (C=O) groups excluding carboxylic acids is 1. The molecule has 0 bridgehead atoms. The van der Waals surface area contributed by atoms with Crippen molar-refractivity contribution in [3.05, 3.63) is 64.7 Å². The Morgan fingerprint density at radius 2 is 1.79 bits per heavy atom. The minimum Gasteiger partial charge on any atom is -0.323 e. The monoisotopic (exact) mass is 293 g/mol. The number of rotatable bonds is 3. The zero-order chi connectivity index (χ0) is 13.8. The van der Waals surface area contributed by atoms with Gasteiger partial charge in [0.1, 0.15) is 5.38 Å². The predicted octanol–water partition coefficient (Wildman–Crippen LogP) is 4.57. The summed E-state index contributed by atoms with van der Waals surface area (Å²) in [7, 11) is 0. The molecule has 0 aliphatic heterocycles. The molecule has 0 aliphatic rings. The standard InChI is InChI=1S/C15H13Cl2NO/c1-10-6-5-9-12(16)14(10)18-15(19)13(17)11-7-3-2-4-8-11/h2-9,13H,1H3,(H,18,19). The first kappa shape index (κ1) is 13.9. The molecule has 1 unspecified atom stereocenters. The van der Waals surface area contributed by atoms with E-state index in [9.17, 15) is 4.79 Å². The number of carbonyl (C=O) groups is 1. The number of nitrogens with one attached hydrogen (secondary N) is 1. The number of alkyl halides is 1. The number of benzene rings is 2. The molecule has 2 aromatic carbocycles. The molecule has 2 aromatic rings. The van der Waals surface area contributed by atoms with E-state index in [-0.39, 0.29) is 5.91 Å². The lowest BCUT2D eigenvalue weighted by atomic mass is 10.1. The Labute approximate surface area is 122 Å². The molecule has 1 atom stereocenters. The second kappa shape index (κ2) is 6.09. The van der Waals surface area contributed by atoms with Crippen LogP contribution in [0, 0.1) is 6.92 Å². The topological polar surface area (TPSA) is 29.1 Å². The lowest BCUT2D eigenvalue weighted by Gasteiger charge is -2.13. The maximum atomic E-state index is 12.1. The van der Waals surface area contributed by atoms with Gasteiger partial charge in [-0.05, 0) is 24.1 Å². The summed E-state index contributed by atoms with van der Waals surface area (Å²) in [6.07, 6.45) is 0. The molecule has 19 heavy (non-hydrogen) atoms. The SMILES string of the molecule is Cc1cccc(Cl)c1NC(=O)C(Cl)c1ccccc1. The summed E-state index contributed by atoms with van der Waals surface area (Å²) >= 11 is 12.2. The van der Waals surface area contributed by atoms with E-state index < -0.39 is 5.38 Å². The molecule has 1 amide bonds. The number of aryl methyl sites for hydroxylation is 1. The van der Waals surface area contributed by atoms with Crippen LogP contribution >= 0.6 is 23.2 Å². The van der Waals surface area contributed by atoms with Crippen molar-refractivity contribution in [3.8, 4) is 0 Å². The fraction of sp³-hybridized carbons (Fsp3) is 0.133. The van der Waals surface area contributed by atoms with Gasteiger partial charge in [0, 0.05) is 0 Å². The summed E-state index contributed by atoms with van der Waals surface area (Å²) in [5, 5.41) is 2.54. The van der Waals surface area contributed by atoms with Gasteiger partial charge in [0.2, 0.25) is 5.91 Å². The van der Waals surface area contributed by atoms with Crippen molar-refractivity contribution >= 4 is 34.8 Å². The number of amides is 1. The first-order valence-electron chi connectivity index (χ1n) is 5.84. The van der Waals surface area contributed by atoms with Gasteiger partial charge in [-0.3, -0.25) is 4.79 Å².